The van der Waals surface area contributed by atoms with Crippen LogP contribution in [0.1, 0.15) is 96.6 Å². The number of carbonyl (C=O) groups excluding carboxylic acids is 3. The van der Waals surface area contributed by atoms with Crippen molar-refractivity contribution < 1.29 is 42.9 Å². The summed E-state index contributed by atoms with van der Waals surface area (Å²) in [6, 6.07) is 1.86. The number of furan rings is 1. The van der Waals surface area contributed by atoms with Gasteiger partial charge >= 0.3 is 11.9 Å². The number of fused-ring (bicyclic) bond motifs is 2. The normalized spacial score (nSPS) is 59.9. The Labute approximate surface area is 279 Å². The van der Waals surface area contributed by atoms with Gasteiger partial charge < -0.3 is 28.5 Å². The van der Waals surface area contributed by atoms with Gasteiger partial charge in [-0.25, -0.2) is 4.79 Å². The van der Waals surface area contributed by atoms with Crippen LogP contribution < -0.4 is 0 Å². The first kappa shape index (κ1) is 28.2. The minimum absolute atomic E-state index is 0.000372. The summed E-state index contributed by atoms with van der Waals surface area (Å²) < 4.78 is 32.8. The number of hydrogen-bond acceptors (Lipinski definition) is 9. The molecule has 0 unspecified atom stereocenters. The van der Waals surface area contributed by atoms with Gasteiger partial charge in [0.1, 0.15) is 30.0 Å². The molecule has 0 aromatic carbocycles. The third-order valence-corrected chi connectivity index (χ3v) is 18.0. The number of cyclic esters (lactones) is 2. The first-order valence-electron chi connectivity index (χ1n) is 18.6. The van der Waals surface area contributed by atoms with Gasteiger partial charge in [-0.15, -0.1) is 0 Å². The van der Waals surface area contributed by atoms with Crippen molar-refractivity contribution in [1.29, 1.82) is 0 Å². The van der Waals surface area contributed by atoms with E-state index in [1.165, 1.54) is 5.57 Å². The molecule has 254 valence electrons. The standard InChI is InChI=1S/C39H44O9/c1-32-15-20-16-36-21(7-12-35(36)9-4-5-10-35)14-22-6-11-33(2)25-23(40)27(41)34(3,24(20)37(25)18-45-30(42)26(36)38(22,37)48-33)39(32)29(47-39)31(43)46-28(32)19-8-13-44-17-19/h6,8,13,17,20-21,24-29,41H,4-5,7,9-12,14-16,18H2,1-3H3/t20-,21+,24-,25+,26-,27+,28-,29-,32+,33-,34+,36-,37+,38-,39+/m0/s1. The number of hydrogen-bond donors (Lipinski definition) is 1. The second-order valence-corrected chi connectivity index (χ2v) is 18.8. The fourth-order valence-corrected chi connectivity index (χ4v) is 17.3. The second-order valence-electron chi connectivity index (χ2n) is 18.8. The molecule has 1 N–H and O–H groups in total. The summed E-state index contributed by atoms with van der Waals surface area (Å²) in [6.07, 6.45) is 12.4. The van der Waals surface area contributed by atoms with E-state index in [2.05, 4.69) is 19.9 Å². The molecule has 6 saturated carbocycles. The summed E-state index contributed by atoms with van der Waals surface area (Å²) in [5.41, 5.74) is -4.22. The van der Waals surface area contributed by atoms with Crippen LogP contribution in [0.5, 0.6) is 0 Å². The Morgan fingerprint density at radius 3 is 2.52 bits per heavy atom. The van der Waals surface area contributed by atoms with Gasteiger partial charge in [-0.2, -0.15) is 0 Å². The lowest BCUT2D eigenvalue weighted by atomic mass is 9.33. The van der Waals surface area contributed by atoms with Crippen molar-refractivity contribution in [3.8, 4) is 0 Å². The molecule has 9 nitrogen and oxygen atoms in total. The summed E-state index contributed by atoms with van der Waals surface area (Å²) >= 11 is 0. The number of ketones is 1. The van der Waals surface area contributed by atoms with Crippen molar-refractivity contribution in [2.45, 2.75) is 120 Å². The fourth-order valence-electron chi connectivity index (χ4n) is 17.3. The first-order chi connectivity index (χ1) is 22.9. The van der Waals surface area contributed by atoms with Crippen LogP contribution in [0, 0.1) is 56.7 Å². The maximum atomic E-state index is 15.3. The van der Waals surface area contributed by atoms with Gasteiger partial charge in [0, 0.05) is 16.4 Å². The highest BCUT2D eigenvalue weighted by Gasteiger charge is 2.97. The lowest BCUT2D eigenvalue weighted by molar-refractivity contribution is -0.282. The quantitative estimate of drug-likeness (QED) is 0.253. The van der Waals surface area contributed by atoms with E-state index in [0.717, 1.165) is 56.9 Å². The Morgan fingerprint density at radius 2 is 1.75 bits per heavy atom. The van der Waals surface area contributed by atoms with Crippen molar-refractivity contribution in [2.24, 2.45) is 56.7 Å². The minimum atomic E-state index is -1.38. The Hall–Kier alpha value is -2.49. The number of epoxide rings is 1. The highest BCUT2D eigenvalue weighted by molar-refractivity contribution is 5.93. The van der Waals surface area contributed by atoms with Crippen LogP contribution in [0.15, 0.2) is 34.7 Å². The molecule has 6 aliphatic carbocycles. The third kappa shape index (κ3) is 2.31. The Balaban J connectivity index is 1.21. The van der Waals surface area contributed by atoms with Crippen LogP contribution in [0.3, 0.4) is 0 Å². The summed E-state index contributed by atoms with van der Waals surface area (Å²) in [5.74, 6) is -1.95. The molecule has 12 rings (SSSR count). The van der Waals surface area contributed by atoms with Crippen molar-refractivity contribution >= 4 is 17.7 Å². The molecular formula is C39H44O9. The highest BCUT2D eigenvalue weighted by atomic mass is 16.7. The Bertz CT molecular complexity index is 1790. The summed E-state index contributed by atoms with van der Waals surface area (Å²) in [7, 11) is 0. The molecule has 6 heterocycles. The van der Waals surface area contributed by atoms with Gasteiger partial charge in [0.05, 0.1) is 35.4 Å². The van der Waals surface area contributed by atoms with Crippen LogP contribution in [0.25, 0.3) is 0 Å². The molecule has 48 heavy (non-hydrogen) atoms. The maximum Gasteiger partial charge on any atom is 0.339 e. The van der Waals surface area contributed by atoms with E-state index >= 15 is 4.79 Å². The zero-order valence-electron chi connectivity index (χ0n) is 27.9. The Morgan fingerprint density at radius 1 is 0.938 bits per heavy atom. The first-order valence-corrected chi connectivity index (χ1v) is 18.6. The number of esters is 2. The number of Topliss-reactive ketones (excluding diaryl/α,β-unsaturated/α-hetero) is 1. The third-order valence-electron chi connectivity index (χ3n) is 18.0. The molecular weight excluding hydrogens is 612 g/mol. The topological polar surface area (TPSA) is 125 Å². The van der Waals surface area contributed by atoms with E-state index in [1.54, 1.807) is 12.5 Å². The largest absolute Gasteiger partial charge is 0.472 e. The molecule has 5 spiro atoms. The zero-order chi connectivity index (χ0) is 32.6. The predicted octanol–water partition coefficient (Wildman–Crippen LogP) is 5.01. The molecule has 0 amide bonds. The molecule has 1 aromatic heterocycles. The molecule has 11 aliphatic rings. The molecule has 5 bridgehead atoms. The van der Waals surface area contributed by atoms with Gasteiger partial charge in [0.25, 0.3) is 0 Å². The zero-order valence-corrected chi connectivity index (χ0v) is 27.9. The SMILES string of the molecule is C[C@@]12[C@H](O)C(=O)[C@H]3[C@@]45COC(=O)[C@H]6[C@]7(C[C@H](C[C@]8(C)[C@H](c9ccoc9)OC(=O)[C@@H]9O[C@@]918)[C@@H]24)[C@H](CCC71CCCC1)CC1=CC[C@]3(C)O[C@@]165. The highest BCUT2D eigenvalue weighted by Crippen LogP contribution is 2.90. The van der Waals surface area contributed by atoms with Crippen molar-refractivity contribution in [2.75, 3.05) is 6.61 Å². The van der Waals surface area contributed by atoms with Gasteiger partial charge in [0.2, 0.25) is 0 Å². The van der Waals surface area contributed by atoms with Crippen molar-refractivity contribution in [3.05, 3.63) is 35.8 Å². The number of aliphatic hydroxyl groups excluding tert-OH is 1. The Kier molecular flexibility index (Phi) is 4.54. The van der Waals surface area contributed by atoms with Gasteiger partial charge in [-0.05, 0) is 98.5 Å². The van der Waals surface area contributed by atoms with E-state index in [0.29, 0.717) is 18.8 Å². The minimum Gasteiger partial charge on any atom is -0.472 e. The monoisotopic (exact) mass is 656 g/mol. The molecule has 9 heteroatoms. The van der Waals surface area contributed by atoms with Crippen LogP contribution in [0.4, 0.5) is 0 Å². The van der Waals surface area contributed by atoms with Crippen molar-refractivity contribution in [1.82, 2.24) is 0 Å². The maximum absolute atomic E-state index is 15.3. The number of rotatable bonds is 1. The van der Waals surface area contributed by atoms with E-state index < -0.39 is 69.2 Å². The lowest BCUT2D eigenvalue weighted by Gasteiger charge is -2.70. The molecule has 15 atom stereocenters. The summed E-state index contributed by atoms with van der Waals surface area (Å²) in [5, 5.41) is 12.8. The van der Waals surface area contributed by atoms with Gasteiger partial charge in [-0.1, -0.05) is 32.8 Å². The van der Waals surface area contributed by atoms with Gasteiger partial charge in [-0.3, -0.25) is 9.59 Å². The van der Waals surface area contributed by atoms with Gasteiger partial charge in [0.15, 0.2) is 11.9 Å². The van der Waals surface area contributed by atoms with E-state index in [9.17, 15) is 14.7 Å². The smallest absolute Gasteiger partial charge is 0.339 e. The van der Waals surface area contributed by atoms with Crippen LogP contribution >= 0.6 is 0 Å². The molecule has 1 aromatic rings. The van der Waals surface area contributed by atoms with E-state index in [-0.39, 0.29) is 41.0 Å². The average molecular weight is 657 g/mol. The van der Waals surface area contributed by atoms with Crippen molar-refractivity contribution in [3.63, 3.8) is 0 Å². The molecule has 0 radical (unpaired) electrons. The molecule has 10 fully saturated rings. The molecule has 5 aliphatic heterocycles. The molecule has 4 saturated heterocycles. The number of aliphatic hydroxyl groups is 1. The fraction of sp³-hybridized carbons (Fsp3) is 0.769. The van der Waals surface area contributed by atoms with E-state index in [1.807, 2.05) is 13.0 Å². The number of ether oxygens (including phenoxy) is 4. The predicted molar refractivity (Wildman–Crippen MR) is 165 cm³/mol. The summed E-state index contributed by atoms with van der Waals surface area (Å²) in [4.78, 5) is 44.0. The average Bonchev–Trinajstić information content (AvgIpc) is 3.36. The van der Waals surface area contributed by atoms with E-state index in [4.69, 9.17) is 23.4 Å². The number of carbonyl (C=O) groups is 3. The van der Waals surface area contributed by atoms with Crippen LogP contribution in [-0.2, 0) is 33.3 Å². The lowest BCUT2D eigenvalue weighted by Crippen LogP contribution is -2.80. The second kappa shape index (κ2) is 7.71. The van der Waals surface area contributed by atoms with Crippen LogP contribution in [-0.4, -0.2) is 58.4 Å². The summed E-state index contributed by atoms with van der Waals surface area (Å²) in [6.45, 7) is 6.35. The van der Waals surface area contributed by atoms with Crippen LogP contribution in [0.2, 0.25) is 0 Å².